The summed E-state index contributed by atoms with van der Waals surface area (Å²) in [6.07, 6.45) is 10.4. The summed E-state index contributed by atoms with van der Waals surface area (Å²) in [6, 6.07) is 0. The minimum absolute atomic E-state index is 0.174. The second-order valence-corrected chi connectivity index (χ2v) is 5.66. The van der Waals surface area contributed by atoms with Gasteiger partial charge in [0.05, 0.1) is 0 Å². The van der Waals surface area contributed by atoms with E-state index in [2.05, 4.69) is 12.2 Å². The van der Waals surface area contributed by atoms with Crippen LogP contribution in [0.5, 0.6) is 0 Å². The molecular formula is C12H24N2. The molecule has 82 valence electrons. The summed E-state index contributed by atoms with van der Waals surface area (Å²) in [6.45, 7) is 3.46. The van der Waals surface area contributed by atoms with E-state index in [1.54, 1.807) is 0 Å². The lowest BCUT2D eigenvalue weighted by Crippen LogP contribution is -2.50. The molecule has 0 aromatic heterocycles. The van der Waals surface area contributed by atoms with E-state index in [4.69, 9.17) is 5.73 Å². The first kappa shape index (κ1) is 10.4. The van der Waals surface area contributed by atoms with Gasteiger partial charge in [-0.15, -0.1) is 0 Å². The Kier molecular flexibility index (Phi) is 2.85. The fraction of sp³-hybridized carbons (Fsp3) is 1.00. The molecule has 2 aliphatic carbocycles. The van der Waals surface area contributed by atoms with Crippen LogP contribution in [0.4, 0.5) is 0 Å². The monoisotopic (exact) mass is 196 g/mol. The molecule has 3 N–H and O–H groups in total. The Morgan fingerprint density at radius 2 is 1.71 bits per heavy atom. The molecule has 2 rings (SSSR count). The molecule has 0 bridgehead atoms. The number of rotatable bonds is 4. The predicted octanol–water partition coefficient (Wildman–Crippen LogP) is 2.18. The summed E-state index contributed by atoms with van der Waals surface area (Å²) >= 11 is 0. The van der Waals surface area contributed by atoms with Crippen molar-refractivity contribution in [3.05, 3.63) is 0 Å². The first-order valence-corrected chi connectivity index (χ1v) is 6.16. The Bertz CT molecular complexity index is 190. The molecule has 0 aliphatic heterocycles. The fourth-order valence-corrected chi connectivity index (χ4v) is 2.83. The Morgan fingerprint density at radius 1 is 1.07 bits per heavy atom. The van der Waals surface area contributed by atoms with Crippen molar-refractivity contribution in [2.24, 2.45) is 5.73 Å². The Balaban J connectivity index is 1.67. The van der Waals surface area contributed by atoms with Crippen LogP contribution >= 0.6 is 0 Å². The van der Waals surface area contributed by atoms with Crippen molar-refractivity contribution in [3.63, 3.8) is 0 Å². The molecule has 0 aromatic rings. The smallest absolute Gasteiger partial charge is 0.0166 e. The SMILES string of the molecule is CC1(NCCC2(N)CCCC2)CCC1. The van der Waals surface area contributed by atoms with Gasteiger partial charge in [0.2, 0.25) is 0 Å². The Labute approximate surface area is 87.6 Å². The molecule has 14 heavy (non-hydrogen) atoms. The van der Waals surface area contributed by atoms with E-state index >= 15 is 0 Å². The summed E-state index contributed by atoms with van der Waals surface area (Å²) in [4.78, 5) is 0. The average molecular weight is 196 g/mol. The standard InChI is InChI=1S/C12H24N2/c1-11(5-4-6-11)14-10-9-12(13)7-2-3-8-12/h14H,2-10,13H2,1H3. The minimum atomic E-state index is 0.174. The summed E-state index contributed by atoms with van der Waals surface area (Å²) < 4.78 is 0. The lowest BCUT2D eigenvalue weighted by molar-refractivity contribution is 0.201. The van der Waals surface area contributed by atoms with Crippen LogP contribution in [0.15, 0.2) is 0 Å². The van der Waals surface area contributed by atoms with Crippen molar-refractivity contribution in [2.75, 3.05) is 6.54 Å². The lowest BCUT2D eigenvalue weighted by Gasteiger charge is -2.40. The van der Waals surface area contributed by atoms with Crippen LogP contribution in [-0.4, -0.2) is 17.6 Å². The molecule has 0 radical (unpaired) electrons. The van der Waals surface area contributed by atoms with E-state index in [1.165, 1.54) is 51.4 Å². The van der Waals surface area contributed by atoms with Crippen molar-refractivity contribution in [2.45, 2.75) is 69.4 Å². The number of nitrogens with two attached hydrogens (primary N) is 1. The van der Waals surface area contributed by atoms with Crippen molar-refractivity contribution in [3.8, 4) is 0 Å². The zero-order chi connectivity index (χ0) is 10.1. The van der Waals surface area contributed by atoms with Crippen LogP contribution in [0, 0.1) is 0 Å². The Hall–Kier alpha value is -0.0800. The summed E-state index contributed by atoms with van der Waals surface area (Å²) in [5.74, 6) is 0. The van der Waals surface area contributed by atoms with Gasteiger partial charge in [0.25, 0.3) is 0 Å². The zero-order valence-electron chi connectivity index (χ0n) is 9.44. The van der Waals surface area contributed by atoms with Gasteiger partial charge in [-0.3, -0.25) is 0 Å². The van der Waals surface area contributed by atoms with Crippen molar-refractivity contribution in [1.82, 2.24) is 5.32 Å². The first-order valence-electron chi connectivity index (χ1n) is 6.16. The second kappa shape index (κ2) is 3.82. The third-order valence-corrected chi connectivity index (χ3v) is 4.23. The predicted molar refractivity (Wildman–Crippen MR) is 60.3 cm³/mol. The maximum atomic E-state index is 6.31. The van der Waals surface area contributed by atoms with Gasteiger partial charge in [0.15, 0.2) is 0 Å². The van der Waals surface area contributed by atoms with Crippen molar-refractivity contribution < 1.29 is 0 Å². The third-order valence-electron chi connectivity index (χ3n) is 4.23. The van der Waals surface area contributed by atoms with Crippen LogP contribution in [0.2, 0.25) is 0 Å². The maximum Gasteiger partial charge on any atom is 0.0166 e. The lowest BCUT2D eigenvalue weighted by atomic mass is 9.78. The van der Waals surface area contributed by atoms with Crippen molar-refractivity contribution >= 4 is 0 Å². The number of hydrogen-bond acceptors (Lipinski definition) is 2. The van der Waals surface area contributed by atoms with Crippen LogP contribution in [0.1, 0.15) is 58.3 Å². The van der Waals surface area contributed by atoms with Gasteiger partial charge in [0.1, 0.15) is 0 Å². The van der Waals surface area contributed by atoms with E-state index in [0.717, 1.165) is 6.54 Å². The maximum absolute atomic E-state index is 6.31. The normalized spacial score (nSPS) is 28.7. The molecule has 2 aliphatic rings. The fourth-order valence-electron chi connectivity index (χ4n) is 2.83. The van der Waals surface area contributed by atoms with E-state index in [0.29, 0.717) is 5.54 Å². The highest BCUT2D eigenvalue weighted by Gasteiger charge is 2.33. The molecule has 0 atom stereocenters. The van der Waals surface area contributed by atoms with E-state index in [9.17, 15) is 0 Å². The molecule has 0 saturated heterocycles. The first-order chi connectivity index (χ1) is 6.62. The molecule has 2 saturated carbocycles. The van der Waals surface area contributed by atoms with Gasteiger partial charge in [-0.05, 0) is 52.0 Å². The highest BCUT2D eigenvalue weighted by molar-refractivity contribution is 4.94. The number of hydrogen-bond donors (Lipinski definition) is 2. The number of nitrogens with one attached hydrogen (secondary N) is 1. The molecule has 0 unspecified atom stereocenters. The summed E-state index contributed by atoms with van der Waals surface area (Å²) in [7, 11) is 0. The molecule has 0 amide bonds. The summed E-state index contributed by atoms with van der Waals surface area (Å²) in [5.41, 5.74) is 6.93. The van der Waals surface area contributed by atoms with Crippen LogP contribution < -0.4 is 11.1 Å². The molecule has 0 heterocycles. The van der Waals surface area contributed by atoms with E-state index in [-0.39, 0.29) is 5.54 Å². The largest absolute Gasteiger partial charge is 0.325 e. The molecule has 2 fully saturated rings. The molecule has 2 nitrogen and oxygen atoms in total. The van der Waals surface area contributed by atoms with Gasteiger partial charge >= 0.3 is 0 Å². The van der Waals surface area contributed by atoms with Crippen molar-refractivity contribution in [1.29, 1.82) is 0 Å². The quantitative estimate of drug-likeness (QED) is 0.723. The topological polar surface area (TPSA) is 38.0 Å². The molecule has 0 aromatic carbocycles. The van der Waals surface area contributed by atoms with Gasteiger partial charge in [-0.2, -0.15) is 0 Å². The highest BCUT2D eigenvalue weighted by atomic mass is 15.0. The van der Waals surface area contributed by atoms with Crippen LogP contribution in [-0.2, 0) is 0 Å². The molecule has 2 heteroatoms. The van der Waals surface area contributed by atoms with Crippen LogP contribution in [0.25, 0.3) is 0 Å². The second-order valence-electron chi connectivity index (χ2n) is 5.66. The van der Waals surface area contributed by atoms with E-state index < -0.39 is 0 Å². The third kappa shape index (κ3) is 2.29. The minimum Gasteiger partial charge on any atom is -0.325 e. The van der Waals surface area contributed by atoms with Gasteiger partial charge in [0, 0.05) is 11.1 Å². The van der Waals surface area contributed by atoms with Gasteiger partial charge < -0.3 is 11.1 Å². The summed E-state index contributed by atoms with van der Waals surface area (Å²) in [5, 5.41) is 3.67. The molecule has 0 spiro atoms. The average Bonchev–Trinajstić information content (AvgIpc) is 2.50. The van der Waals surface area contributed by atoms with Gasteiger partial charge in [-0.1, -0.05) is 12.8 Å². The van der Waals surface area contributed by atoms with Gasteiger partial charge in [-0.25, -0.2) is 0 Å². The zero-order valence-corrected chi connectivity index (χ0v) is 9.44. The van der Waals surface area contributed by atoms with Crippen LogP contribution in [0.3, 0.4) is 0 Å². The molecular weight excluding hydrogens is 172 g/mol. The van der Waals surface area contributed by atoms with E-state index in [1.807, 2.05) is 0 Å². The Morgan fingerprint density at radius 3 is 2.21 bits per heavy atom. The highest BCUT2D eigenvalue weighted by Crippen LogP contribution is 2.32.